The average molecular weight is 361 g/mol. The molecule has 6 heteroatoms. The molecule has 0 amide bonds. The van der Waals surface area contributed by atoms with Gasteiger partial charge in [-0.1, -0.05) is 23.8 Å². The number of ether oxygens (including phenoxy) is 1. The van der Waals surface area contributed by atoms with Gasteiger partial charge in [-0.15, -0.1) is 0 Å². The Balaban J connectivity index is 1.86. The van der Waals surface area contributed by atoms with E-state index in [2.05, 4.69) is 15.6 Å². The van der Waals surface area contributed by atoms with Gasteiger partial charge in [0.05, 0.1) is 19.2 Å². The van der Waals surface area contributed by atoms with Crippen molar-refractivity contribution in [3.8, 4) is 5.75 Å². The summed E-state index contributed by atoms with van der Waals surface area (Å²) < 4.78 is 7.14. The standard InChI is InChI=1S/C19H21ClN2O3/c1-2-25-18(24)8-7-16-9-14-10-17(23)11-21-19(14)22(16)12-13-3-5-15(20)6-4-13/h3,5-6,9-11,13,23H,2,4,7-8,12H2,1H3. The maximum atomic E-state index is 11.7. The van der Waals surface area contributed by atoms with E-state index in [1.165, 1.54) is 6.20 Å². The van der Waals surface area contributed by atoms with Crippen LogP contribution in [0, 0.1) is 5.92 Å². The Bertz CT molecular complexity index is 839. The van der Waals surface area contributed by atoms with Crippen LogP contribution in [0.25, 0.3) is 11.0 Å². The van der Waals surface area contributed by atoms with Gasteiger partial charge in [-0.25, -0.2) is 4.98 Å². The molecule has 1 aliphatic carbocycles. The van der Waals surface area contributed by atoms with Crippen molar-refractivity contribution in [1.82, 2.24) is 9.55 Å². The van der Waals surface area contributed by atoms with Gasteiger partial charge in [0.1, 0.15) is 11.4 Å². The fourth-order valence-electron chi connectivity index (χ4n) is 3.07. The van der Waals surface area contributed by atoms with Crippen molar-refractivity contribution in [3.05, 3.63) is 47.3 Å². The Morgan fingerprint density at radius 3 is 3.04 bits per heavy atom. The molecular formula is C19H21ClN2O3. The van der Waals surface area contributed by atoms with Gasteiger partial charge < -0.3 is 14.4 Å². The summed E-state index contributed by atoms with van der Waals surface area (Å²) in [7, 11) is 0. The minimum atomic E-state index is -0.206. The number of pyridine rings is 1. The van der Waals surface area contributed by atoms with Crippen molar-refractivity contribution in [3.63, 3.8) is 0 Å². The smallest absolute Gasteiger partial charge is 0.306 e. The highest BCUT2D eigenvalue weighted by molar-refractivity contribution is 6.31. The Kier molecular flexibility index (Phi) is 5.43. The number of hydrogen-bond acceptors (Lipinski definition) is 4. The molecule has 1 aliphatic rings. The number of halogens is 1. The normalized spacial score (nSPS) is 16.9. The molecule has 0 aliphatic heterocycles. The van der Waals surface area contributed by atoms with E-state index in [9.17, 15) is 9.90 Å². The third-order valence-corrected chi connectivity index (χ3v) is 4.54. The molecule has 0 radical (unpaired) electrons. The minimum Gasteiger partial charge on any atom is -0.506 e. The van der Waals surface area contributed by atoms with Crippen molar-refractivity contribution in [2.45, 2.75) is 32.7 Å². The first-order valence-electron chi connectivity index (χ1n) is 8.43. The van der Waals surface area contributed by atoms with Gasteiger partial charge in [-0.3, -0.25) is 4.79 Å². The van der Waals surface area contributed by atoms with Gasteiger partial charge in [0.2, 0.25) is 0 Å². The molecule has 1 atom stereocenters. The largest absolute Gasteiger partial charge is 0.506 e. The fraction of sp³-hybridized carbons (Fsp3) is 0.368. The summed E-state index contributed by atoms with van der Waals surface area (Å²) in [4.78, 5) is 16.1. The number of hydrogen-bond donors (Lipinski definition) is 1. The predicted octanol–water partition coefficient (Wildman–Crippen LogP) is 3.94. The van der Waals surface area contributed by atoms with Crippen LogP contribution in [0.5, 0.6) is 5.75 Å². The molecule has 1 unspecified atom stereocenters. The zero-order chi connectivity index (χ0) is 17.8. The summed E-state index contributed by atoms with van der Waals surface area (Å²) in [5.41, 5.74) is 1.82. The maximum Gasteiger partial charge on any atom is 0.306 e. The lowest BCUT2D eigenvalue weighted by Crippen LogP contribution is -2.14. The summed E-state index contributed by atoms with van der Waals surface area (Å²) in [6.45, 7) is 2.93. The number of aromatic hydroxyl groups is 1. The van der Waals surface area contributed by atoms with Crippen LogP contribution in [0.4, 0.5) is 0 Å². The van der Waals surface area contributed by atoms with E-state index in [0.29, 0.717) is 25.4 Å². The highest BCUT2D eigenvalue weighted by Gasteiger charge is 2.16. The summed E-state index contributed by atoms with van der Waals surface area (Å²) in [6.07, 6.45) is 9.23. The fourth-order valence-corrected chi connectivity index (χ4v) is 3.23. The van der Waals surface area contributed by atoms with Crippen LogP contribution < -0.4 is 0 Å². The SMILES string of the molecule is CCOC(=O)CCc1cc2cc(O)cnc2n1CC1C=CC(Cl)=CC1. The molecule has 0 saturated heterocycles. The highest BCUT2D eigenvalue weighted by Crippen LogP contribution is 2.27. The van der Waals surface area contributed by atoms with Gasteiger partial charge in [0.25, 0.3) is 0 Å². The molecular weight excluding hydrogens is 340 g/mol. The van der Waals surface area contributed by atoms with E-state index in [4.69, 9.17) is 16.3 Å². The summed E-state index contributed by atoms with van der Waals surface area (Å²) in [5, 5.41) is 11.3. The molecule has 2 aromatic rings. The van der Waals surface area contributed by atoms with E-state index in [-0.39, 0.29) is 11.7 Å². The van der Waals surface area contributed by atoms with Crippen LogP contribution >= 0.6 is 11.6 Å². The number of allylic oxidation sites excluding steroid dienone is 4. The number of carbonyl (C=O) groups excluding carboxylic acids is 1. The maximum absolute atomic E-state index is 11.7. The predicted molar refractivity (Wildman–Crippen MR) is 97.5 cm³/mol. The van der Waals surface area contributed by atoms with Crippen molar-refractivity contribution < 1.29 is 14.6 Å². The van der Waals surface area contributed by atoms with Crippen LogP contribution in [0.1, 0.15) is 25.5 Å². The van der Waals surface area contributed by atoms with Gasteiger partial charge in [-0.05, 0) is 43.9 Å². The van der Waals surface area contributed by atoms with Crippen molar-refractivity contribution >= 4 is 28.6 Å². The van der Waals surface area contributed by atoms with Crippen molar-refractivity contribution in [2.75, 3.05) is 6.61 Å². The average Bonchev–Trinajstić information content (AvgIpc) is 2.92. The van der Waals surface area contributed by atoms with Crippen LogP contribution in [0.15, 0.2) is 41.6 Å². The number of aromatic nitrogens is 2. The number of carbonyl (C=O) groups is 1. The Morgan fingerprint density at radius 2 is 2.32 bits per heavy atom. The van der Waals surface area contributed by atoms with Gasteiger partial charge >= 0.3 is 5.97 Å². The molecule has 2 aromatic heterocycles. The van der Waals surface area contributed by atoms with E-state index in [1.54, 1.807) is 13.0 Å². The molecule has 0 fully saturated rings. The van der Waals surface area contributed by atoms with Crippen LogP contribution in [0.2, 0.25) is 0 Å². The monoisotopic (exact) mass is 360 g/mol. The third kappa shape index (κ3) is 4.23. The molecule has 0 spiro atoms. The molecule has 25 heavy (non-hydrogen) atoms. The molecule has 2 heterocycles. The van der Waals surface area contributed by atoms with E-state index in [1.807, 2.05) is 18.2 Å². The topological polar surface area (TPSA) is 64.3 Å². The van der Waals surface area contributed by atoms with Crippen LogP contribution in [-0.2, 0) is 22.5 Å². The Labute approximate surface area is 151 Å². The number of aryl methyl sites for hydroxylation is 1. The van der Waals surface area contributed by atoms with Crippen LogP contribution in [0.3, 0.4) is 0 Å². The number of fused-ring (bicyclic) bond motifs is 1. The second-order valence-electron chi connectivity index (χ2n) is 6.10. The third-order valence-electron chi connectivity index (χ3n) is 4.26. The van der Waals surface area contributed by atoms with Gasteiger partial charge in [0, 0.05) is 22.7 Å². The Morgan fingerprint density at radius 1 is 1.48 bits per heavy atom. The number of nitrogens with zero attached hydrogens (tertiary/aromatic N) is 2. The molecule has 0 aromatic carbocycles. The second kappa shape index (κ2) is 7.74. The first-order chi connectivity index (χ1) is 12.1. The zero-order valence-corrected chi connectivity index (χ0v) is 14.9. The lowest BCUT2D eigenvalue weighted by molar-refractivity contribution is -0.143. The molecule has 0 bridgehead atoms. The quantitative estimate of drug-likeness (QED) is 0.792. The first-order valence-corrected chi connectivity index (χ1v) is 8.81. The first kappa shape index (κ1) is 17.5. The minimum absolute atomic E-state index is 0.133. The molecule has 1 N–H and O–H groups in total. The second-order valence-corrected chi connectivity index (χ2v) is 6.54. The lowest BCUT2D eigenvalue weighted by Gasteiger charge is -2.18. The molecule has 3 rings (SSSR count). The summed E-state index contributed by atoms with van der Waals surface area (Å²) >= 11 is 6.00. The van der Waals surface area contributed by atoms with Gasteiger partial charge in [-0.2, -0.15) is 0 Å². The molecule has 5 nitrogen and oxygen atoms in total. The highest BCUT2D eigenvalue weighted by atomic mass is 35.5. The van der Waals surface area contributed by atoms with Gasteiger partial charge in [0.15, 0.2) is 0 Å². The van der Waals surface area contributed by atoms with Crippen LogP contribution in [-0.4, -0.2) is 27.2 Å². The van der Waals surface area contributed by atoms with Crippen molar-refractivity contribution in [1.29, 1.82) is 0 Å². The summed E-state index contributed by atoms with van der Waals surface area (Å²) in [6, 6.07) is 3.68. The lowest BCUT2D eigenvalue weighted by atomic mass is 10.0. The van der Waals surface area contributed by atoms with E-state index >= 15 is 0 Å². The van der Waals surface area contributed by atoms with E-state index in [0.717, 1.165) is 34.7 Å². The molecule has 132 valence electrons. The number of esters is 1. The number of rotatable bonds is 6. The summed E-state index contributed by atoms with van der Waals surface area (Å²) in [5.74, 6) is 0.242. The Hall–Kier alpha value is -2.27. The van der Waals surface area contributed by atoms with Crippen molar-refractivity contribution in [2.24, 2.45) is 5.92 Å². The van der Waals surface area contributed by atoms with E-state index < -0.39 is 0 Å². The molecule has 0 saturated carbocycles. The zero-order valence-electron chi connectivity index (χ0n) is 14.1.